The van der Waals surface area contributed by atoms with Crippen molar-refractivity contribution in [1.82, 2.24) is 0 Å². The number of anilines is 1. The lowest BCUT2D eigenvalue weighted by molar-refractivity contribution is -0.0944. The van der Waals surface area contributed by atoms with Crippen LogP contribution >= 0.6 is 15.9 Å². The normalized spacial score (nSPS) is 10.7. The Hall–Kier alpha value is -0.580. The molecule has 4 heteroatoms. The Labute approximate surface area is 99.1 Å². The number of hydrogen-bond acceptors (Lipinski definition) is 3. The first kappa shape index (κ1) is 12.5. The molecule has 1 rings (SSSR count). The van der Waals surface area contributed by atoms with Crippen LogP contribution in [-0.2, 0) is 9.47 Å². The molecule has 0 aromatic heterocycles. The molecule has 0 saturated heterocycles. The quantitative estimate of drug-likeness (QED) is 0.770. The van der Waals surface area contributed by atoms with Crippen molar-refractivity contribution in [2.75, 3.05) is 32.7 Å². The zero-order valence-electron chi connectivity index (χ0n) is 9.24. The van der Waals surface area contributed by atoms with Crippen molar-refractivity contribution in [2.45, 2.75) is 6.29 Å². The molecule has 0 heterocycles. The van der Waals surface area contributed by atoms with Crippen molar-refractivity contribution in [2.24, 2.45) is 0 Å². The van der Waals surface area contributed by atoms with Crippen LogP contribution in [0.5, 0.6) is 0 Å². The van der Waals surface area contributed by atoms with Crippen molar-refractivity contribution in [3.8, 4) is 0 Å². The van der Waals surface area contributed by atoms with E-state index in [9.17, 15) is 0 Å². The smallest absolute Gasteiger partial charge is 0.174 e. The number of ether oxygens (including phenoxy) is 2. The van der Waals surface area contributed by atoms with Crippen LogP contribution in [0, 0.1) is 0 Å². The second-order valence-corrected chi connectivity index (χ2v) is 4.17. The van der Waals surface area contributed by atoms with Gasteiger partial charge in [-0.25, -0.2) is 0 Å². The summed E-state index contributed by atoms with van der Waals surface area (Å²) in [4.78, 5) is 2.09. The van der Waals surface area contributed by atoms with Crippen molar-refractivity contribution >= 4 is 21.6 Å². The summed E-state index contributed by atoms with van der Waals surface area (Å²) < 4.78 is 11.4. The first-order valence-electron chi connectivity index (χ1n) is 4.69. The minimum atomic E-state index is -0.196. The molecule has 0 unspecified atom stereocenters. The van der Waals surface area contributed by atoms with Crippen molar-refractivity contribution < 1.29 is 9.47 Å². The van der Waals surface area contributed by atoms with E-state index in [1.54, 1.807) is 14.2 Å². The number of methoxy groups -OCH3 is 2. The Bertz CT molecular complexity index is 285. The van der Waals surface area contributed by atoms with Gasteiger partial charge in [0.2, 0.25) is 0 Å². The van der Waals surface area contributed by atoms with E-state index in [1.807, 2.05) is 31.3 Å². The Balaban J connectivity index is 2.60. The highest BCUT2D eigenvalue weighted by Crippen LogP contribution is 2.17. The van der Waals surface area contributed by atoms with Crippen LogP contribution in [-0.4, -0.2) is 34.1 Å². The summed E-state index contributed by atoms with van der Waals surface area (Å²) in [5.41, 5.74) is 1.14. The van der Waals surface area contributed by atoms with Gasteiger partial charge in [0.05, 0.1) is 6.54 Å². The number of benzene rings is 1. The molecule has 0 bridgehead atoms. The molecule has 0 saturated carbocycles. The van der Waals surface area contributed by atoms with E-state index in [1.165, 1.54) is 0 Å². The topological polar surface area (TPSA) is 21.7 Å². The Morgan fingerprint density at radius 3 is 2.20 bits per heavy atom. The lowest BCUT2D eigenvalue weighted by Crippen LogP contribution is -2.31. The van der Waals surface area contributed by atoms with E-state index < -0.39 is 0 Å². The maximum atomic E-state index is 5.14. The molecule has 0 fully saturated rings. The van der Waals surface area contributed by atoms with E-state index in [2.05, 4.69) is 20.8 Å². The minimum Gasteiger partial charge on any atom is -0.369 e. The predicted molar refractivity (Wildman–Crippen MR) is 65.2 cm³/mol. The van der Waals surface area contributed by atoms with Gasteiger partial charge in [-0.15, -0.1) is 0 Å². The van der Waals surface area contributed by atoms with E-state index in [0.717, 1.165) is 10.2 Å². The summed E-state index contributed by atoms with van der Waals surface area (Å²) in [6.45, 7) is 0.703. The molecule has 0 aliphatic carbocycles. The molecular weight excluding hydrogens is 258 g/mol. The zero-order chi connectivity index (χ0) is 11.3. The molecular formula is C11H16BrNO2. The van der Waals surface area contributed by atoms with Gasteiger partial charge in [0, 0.05) is 31.4 Å². The van der Waals surface area contributed by atoms with Gasteiger partial charge in [-0.1, -0.05) is 15.9 Å². The average Bonchev–Trinajstić information content (AvgIpc) is 2.26. The standard InChI is InChI=1S/C11H16BrNO2/c1-13(8-11(14-2)15-3)10-6-4-9(12)5-7-10/h4-7,11H,8H2,1-3H3. The van der Waals surface area contributed by atoms with Crippen molar-refractivity contribution in [3.63, 3.8) is 0 Å². The molecule has 0 amide bonds. The number of hydrogen-bond donors (Lipinski definition) is 0. The van der Waals surface area contributed by atoms with Gasteiger partial charge < -0.3 is 14.4 Å². The summed E-state index contributed by atoms with van der Waals surface area (Å²) in [5.74, 6) is 0. The highest BCUT2D eigenvalue weighted by Gasteiger charge is 2.09. The van der Waals surface area contributed by atoms with Gasteiger partial charge in [-0.3, -0.25) is 0 Å². The SMILES string of the molecule is COC(CN(C)c1ccc(Br)cc1)OC. The second-order valence-electron chi connectivity index (χ2n) is 3.26. The third-order valence-corrected chi connectivity index (χ3v) is 2.74. The zero-order valence-corrected chi connectivity index (χ0v) is 10.8. The van der Waals surface area contributed by atoms with Gasteiger partial charge in [0.25, 0.3) is 0 Å². The summed E-state index contributed by atoms with van der Waals surface area (Å²) in [6, 6.07) is 8.12. The molecule has 0 atom stereocenters. The highest BCUT2D eigenvalue weighted by atomic mass is 79.9. The van der Waals surface area contributed by atoms with E-state index in [-0.39, 0.29) is 6.29 Å². The monoisotopic (exact) mass is 273 g/mol. The minimum absolute atomic E-state index is 0.196. The fraction of sp³-hybridized carbons (Fsp3) is 0.455. The second kappa shape index (κ2) is 6.10. The molecule has 0 aliphatic heterocycles. The first-order chi connectivity index (χ1) is 7.17. The molecule has 0 aliphatic rings. The first-order valence-corrected chi connectivity index (χ1v) is 5.49. The van der Waals surface area contributed by atoms with Crippen LogP contribution in [0.25, 0.3) is 0 Å². The van der Waals surface area contributed by atoms with Crippen LogP contribution in [0.3, 0.4) is 0 Å². The number of nitrogens with zero attached hydrogens (tertiary/aromatic N) is 1. The molecule has 1 aromatic carbocycles. The van der Waals surface area contributed by atoms with Crippen LogP contribution < -0.4 is 4.90 Å². The highest BCUT2D eigenvalue weighted by molar-refractivity contribution is 9.10. The van der Waals surface area contributed by atoms with Crippen LogP contribution in [0.15, 0.2) is 28.7 Å². The van der Waals surface area contributed by atoms with Gasteiger partial charge in [0.15, 0.2) is 6.29 Å². The molecule has 0 radical (unpaired) electrons. The molecule has 15 heavy (non-hydrogen) atoms. The predicted octanol–water partition coefficient (Wildman–Crippen LogP) is 2.50. The third kappa shape index (κ3) is 3.81. The average molecular weight is 274 g/mol. The van der Waals surface area contributed by atoms with Gasteiger partial charge >= 0.3 is 0 Å². The largest absolute Gasteiger partial charge is 0.369 e. The third-order valence-electron chi connectivity index (χ3n) is 2.22. The lowest BCUT2D eigenvalue weighted by Gasteiger charge is -2.23. The molecule has 0 N–H and O–H groups in total. The van der Waals surface area contributed by atoms with Gasteiger partial charge in [-0.2, -0.15) is 0 Å². The molecule has 0 spiro atoms. The van der Waals surface area contributed by atoms with Crippen molar-refractivity contribution in [1.29, 1.82) is 0 Å². The maximum Gasteiger partial charge on any atom is 0.174 e. The number of halogens is 1. The number of likely N-dealkylation sites (N-methyl/N-ethyl adjacent to an activating group) is 1. The lowest BCUT2D eigenvalue weighted by atomic mass is 10.3. The van der Waals surface area contributed by atoms with Gasteiger partial charge in [0.1, 0.15) is 0 Å². The maximum absolute atomic E-state index is 5.14. The fourth-order valence-electron chi connectivity index (χ4n) is 1.27. The van der Waals surface area contributed by atoms with Crippen LogP contribution in [0.4, 0.5) is 5.69 Å². The number of rotatable bonds is 5. The van der Waals surface area contributed by atoms with Crippen LogP contribution in [0.1, 0.15) is 0 Å². The molecule has 84 valence electrons. The van der Waals surface area contributed by atoms with Crippen LogP contribution in [0.2, 0.25) is 0 Å². The molecule has 3 nitrogen and oxygen atoms in total. The van der Waals surface area contributed by atoms with Crippen molar-refractivity contribution in [3.05, 3.63) is 28.7 Å². The van der Waals surface area contributed by atoms with Gasteiger partial charge in [-0.05, 0) is 24.3 Å². The fourth-order valence-corrected chi connectivity index (χ4v) is 1.53. The van der Waals surface area contributed by atoms with E-state index in [4.69, 9.17) is 9.47 Å². The summed E-state index contributed by atoms with van der Waals surface area (Å²) >= 11 is 3.40. The summed E-state index contributed by atoms with van der Waals surface area (Å²) in [7, 11) is 5.29. The summed E-state index contributed by atoms with van der Waals surface area (Å²) in [6.07, 6.45) is -0.196. The Morgan fingerprint density at radius 1 is 1.20 bits per heavy atom. The summed E-state index contributed by atoms with van der Waals surface area (Å²) in [5, 5.41) is 0. The van der Waals surface area contributed by atoms with E-state index in [0.29, 0.717) is 6.54 Å². The van der Waals surface area contributed by atoms with E-state index >= 15 is 0 Å². The Kier molecular flexibility index (Phi) is 5.08. The Morgan fingerprint density at radius 2 is 1.73 bits per heavy atom. The molecule has 1 aromatic rings.